The molecule has 2 amide bonds. The fourth-order valence-electron chi connectivity index (χ4n) is 2.46. The summed E-state index contributed by atoms with van der Waals surface area (Å²) in [6.07, 6.45) is 4.49. The maximum Gasteiger partial charge on any atom is 0.333 e. The average Bonchev–Trinajstić information content (AvgIpc) is 3.04. The van der Waals surface area contributed by atoms with Crippen molar-refractivity contribution in [1.82, 2.24) is 5.06 Å². The van der Waals surface area contributed by atoms with Gasteiger partial charge in [-0.05, 0) is 25.7 Å². The molecular formula is C21H39NO7. The first-order chi connectivity index (χ1) is 14.1. The van der Waals surface area contributed by atoms with Crippen molar-refractivity contribution >= 4 is 17.8 Å². The van der Waals surface area contributed by atoms with Crippen molar-refractivity contribution in [3.8, 4) is 0 Å². The molecular weight excluding hydrogens is 378 g/mol. The lowest BCUT2D eigenvalue weighted by Gasteiger charge is -2.18. The van der Waals surface area contributed by atoms with E-state index in [1.54, 1.807) is 0 Å². The van der Waals surface area contributed by atoms with Gasteiger partial charge in [0.25, 0.3) is 11.8 Å². The van der Waals surface area contributed by atoms with Gasteiger partial charge >= 0.3 is 5.97 Å². The van der Waals surface area contributed by atoms with E-state index in [-0.39, 0.29) is 25.4 Å². The summed E-state index contributed by atoms with van der Waals surface area (Å²) in [5.41, 5.74) is 0. The fraction of sp³-hybridized carbons (Fsp3) is 0.857. The molecule has 1 aliphatic heterocycles. The largest absolute Gasteiger partial charge is 0.379 e. The minimum absolute atomic E-state index is 0.0537. The van der Waals surface area contributed by atoms with Crippen LogP contribution >= 0.6 is 0 Å². The van der Waals surface area contributed by atoms with Crippen LogP contribution in [0, 0.1) is 0 Å². The van der Waals surface area contributed by atoms with Crippen LogP contribution in [0.3, 0.4) is 0 Å². The van der Waals surface area contributed by atoms with Gasteiger partial charge in [0.1, 0.15) is 6.10 Å². The molecule has 1 rings (SSSR count). The molecule has 1 saturated heterocycles. The van der Waals surface area contributed by atoms with Crippen molar-refractivity contribution in [2.75, 3.05) is 33.0 Å². The number of imide groups is 1. The van der Waals surface area contributed by atoms with Crippen LogP contribution in [0.4, 0.5) is 0 Å². The minimum Gasteiger partial charge on any atom is -0.379 e. The van der Waals surface area contributed by atoms with Gasteiger partial charge in [-0.2, -0.15) is 0 Å². The topological polar surface area (TPSA) is 91.4 Å². The first kappa shape index (κ1) is 27.5. The molecule has 0 aromatic rings. The summed E-state index contributed by atoms with van der Waals surface area (Å²) in [7, 11) is 0. The maximum absolute atomic E-state index is 11.7. The third-order valence-electron chi connectivity index (χ3n) is 3.88. The number of hydrogen-bond acceptors (Lipinski definition) is 7. The third-order valence-corrected chi connectivity index (χ3v) is 3.88. The second-order valence-electron chi connectivity index (χ2n) is 6.50. The molecule has 170 valence electrons. The lowest BCUT2D eigenvalue weighted by atomic mass is 10.2. The Balaban J connectivity index is 0.00000379. The summed E-state index contributed by atoms with van der Waals surface area (Å²) in [5, 5.41) is 0.586. The quantitative estimate of drug-likeness (QED) is 0.281. The van der Waals surface area contributed by atoms with E-state index in [0.29, 0.717) is 37.9 Å². The third kappa shape index (κ3) is 13.4. The summed E-state index contributed by atoms with van der Waals surface area (Å²) >= 11 is 0. The van der Waals surface area contributed by atoms with Crippen molar-refractivity contribution in [1.29, 1.82) is 0 Å². The first-order valence-electron chi connectivity index (χ1n) is 10.9. The Morgan fingerprint density at radius 1 is 0.897 bits per heavy atom. The number of carbonyl (C=O) groups excluding carboxylic acids is 3. The molecule has 0 radical (unpaired) electrons. The predicted octanol–water partition coefficient (Wildman–Crippen LogP) is 3.42. The highest BCUT2D eigenvalue weighted by molar-refractivity contribution is 6.01. The van der Waals surface area contributed by atoms with E-state index in [1.165, 1.54) is 0 Å². The Bertz CT molecular complexity index is 440. The van der Waals surface area contributed by atoms with Crippen molar-refractivity contribution in [2.45, 2.75) is 85.2 Å². The highest BCUT2D eigenvalue weighted by Gasteiger charge is 2.32. The van der Waals surface area contributed by atoms with E-state index in [9.17, 15) is 14.4 Å². The molecule has 0 aliphatic carbocycles. The van der Waals surface area contributed by atoms with Gasteiger partial charge in [0, 0.05) is 39.1 Å². The Labute approximate surface area is 175 Å². The monoisotopic (exact) mass is 417 g/mol. The predicted molar refractivity (Wildman–Crippen MR) is 109 cm³/mol. The molecule has 0 N–H and O–H groups in total. The van der Waals surface area contributed by atoms with Crippen LogP contribution in [-0.4, -0.2) is 62.0 Å². The van der Waals surface area contributed by atoms with Crippen LogP contribution in [0.2, 0.25) is 0 Å². The molecule has 0 saturated carbocycles. The SMILES string of the molecule is CC.CCCOCC(COCCCCCC(=O)ON1C(=O)CCC1=O)OCCC. The van der Waals surface area contributed by atoms with Gasteiger partial charge in [-0.25, -0.2) is 4.79 Å². The second kappa shape index (κ2) is 18.5. The normalized spacial score (nSPS) is 14.6. The minimum atomic E-state index is -0.555. The van der Waals surface area contributed by atoms with Gasteiger partial charge in [0.15, 0.2) is 0 Å². The van der Waals surface area contributed by atoms with E-state index >= 15 is 0 Å². The summed E-state index contributed by atoms with van der Waals surface area (Å²) < 4.78 is 16.9. The van der Waals surface area contributed by atoms with Crippen molar-refractivity contribution in [3.63, 3.8) is 0 Å². The van der Waals surface area contributed by atoms with Crippen LogP contribution in [0.1, 0.15) is 79.1 Å². The average molecular weight is 418 g/mol. The Morgan fingerprint density at radius 2 is 1.48 bits per heavy atom. The Kier molecular flexibility index (Phi) is 17.6. The number of carbonyl (C=O) groups is 3. The molecule has 0 aromatic carbocycles. The smallest absolute Gasteiger partial charge is 0.333 e. The van der Waals surface area contributed by atoms with Gasteiger partial charge < -0.3 is 19.0 Å². The molecule has 1 unspecified atom stereocenters. The number of hydroxylamine groups is 2. The van der Waals surface area contributed by atoms with Crippen molar-refractivity contribution < 1.29 is 33.4 Å². The molecule has 1 fully saturated rings. The summed E-state index contributed by atoms with van der Waals surface area (Å²) in [5.74, 6) is -1.46. The van der Waals surface area contributed by atoms with Crippen LogP contribution < -0.4 is 0 Å². The molecule has 8 heteroatoms. The number of ether oxygens (including phenoxy) is 3. The van der Waals surface area contributed by atoms with Gasteiger partial charge in [0.2, 0.25) is 0 Å². The molecule has 0 aromatic heterocycles. The van der Waals surface area contributed by atoms with Crippen LogP contribution in [0.5, 0.6) is 0 Å². The second-order valence-corrected chi connectivity index (χ2v) is 6.50. The molecule has 0 spiro atoms. The number of amides is 2. The van der Waals surface area contributed by atoms with E-state index in [1.807, 2.05) is 13.8 Å². The van der Waals surface area contributed by atoms with Crippen LogP contribution in [0.25, 0.3) is 0 Å². The van der Waals surface area contributed by atoms with E-state index in [0.717, 1.165) is 32.3 Å². The molecule has 1 heterocycles. The summed E-state index contributed by atoms with van der Waals surface area (Å²) in [4.78, 5) is 39.2. The van der Waals surface area contributed by atoms with E-state index < -0.39 is 17.8 Å². The van der Waals surface area contributed by atoms with Gasteiger partial charge in [-0.15, -0.1) is 5.06 Å². The van der Waals surface area contributed by atoms with E-state index in [4.69, 9.17) is 19.0 Å². The number of hydrogen-bond donors (Lipinski definition) is 0. The van der Waals surface area contributed by atoms with Gasteiger partial charge in [-0.3, -0.25) is 9.59 Å². The van der Waals surface area contributed by atoms with Gasteiger partial charge in [0.05, 0.1) is 13.2 Å². The molecule has 29 heavy (non-hydrogen) atoms. The lowest BCUT2D eigenvalue weighted by molar-refractivity contribution is -0.197. The Hall–Kier alpha value is -1.51. The molecule has 8 nitrogen and oxygen atoms in total. The molecule has 0 bridgehead atoms. The first-order valence-corrected chi connectivity index (χ1v) is 10.9. The zero-order chi connectivity index (χ0) is 21.9. The van der Waals surface area contributed by atoms with E-state index in [2.05, 4.69) is 13.8 Å². The summed E-state index contributed by atoms with van der Waals surface area (Å²) in [6, 6.07) is 0. The maximum atomic E-state index is 11.7. The fourth-order valence-corrected chi connectivity index (χ4v) is 2.46. The zero-order valence-corrected chi connectivity index (χ0v) is 18.6. The van der Waals surface area contributed by atoms with Crippen LogP contribution in [-0.2, 0) is 33.4 Å². The van der Waals surface area contributed by atoms with Crippen molar-refractivity contribution in [3.05, 3.63) is 0 Å². The highest BCUT2D eigenvalue weighted by Crippen LogP contribution is 2.13. The lowest BCUT2D eigenvalue weighted by Crippen LogP contribution is -2.31. The number of rotatable bonds is 16. The standard InChI is InChI=1S/C19H33NO7.C2H6/c1-3-11-24-14-16(26-12-4-2)15-25-13-7-5-6-8-19(23)27-20-17(21)9-10-18(20)22;1-2/h16H,3-15H2,1-2H3;1-2H3. The number of unbranched alkanes of at least 4 members (excludes halogenated alkanes) is 2. The summed E-state index contributed by atoms with van der Waals surface area (Å²) in [6.45, 7) is 11.1. The van der Waals surface area contributed by atoms with Gasteiger partial charge in [-0.1, -0.05) is 34.1 Å². The molecule has 1 atom stereocenters. The van der Waals surface area contributed by atoms with Crippen LogP contribution in [0.15, 0.2) is 0 Å². The molecule has 1 aliphatic rings. The Morgan fingerprint density at radius 3 is 2.07 bits per heavy atom. The number of nitrogens with zero attached hydrogens (tertiary/aromatic N) is 1. The zero-order valence-electron chi connectivity index (χ0n) is 18.6. The van der Waals surface area contributed by atoms with Crippen molar-refractivity contribution in [2.24, 2.45) is 0 Å². The highest BCUT2D eigenvalue weighted by atomic mass is 16.7.